The molecule has 1 amide bonds. The molecule has 1 aliphatic rings. The van der Waals surface area contributed by atoms with Crippen molar-refractivity contribution in [3.05, 3.63) is 76.4 Å². The minimum Gasteiger partial charge on any atom is -0.294 e. The van der Waals surface area contributed by atoms with E-state index in [1.807, 2.05) is 56.3 Å². The highest BCUT2D eigenvalue weighted by atomic mass is 35.5. The molecule has 0 saturated carbocycles. The SMILES string of the molecule is CC1(C)CC(=O)c2c(nc(SCC(=O)Nc3nsc(-c4ccc(Cl)cc4)n3)c(C#N)c2-c2ccccc2)C1. The molecule has 10 heteroatoms. The largest absolute Gasteiger partial charge is 0.294 e. The van der Waals surface area contributed by atoms with Gasteiger partial charge in [-0.05, 0) is 41.1 Å². The Hall–Kier alpha value is -3.58. The van der Waals surface area contributed by atoms with Gasteiger partial charge < -0.3 is 0 Å². The normalized spacial score (nSPS) is 14.0. The summed E-state index contributed by atoms with van der Waals surface area (Å²) < 4.78 is 4.23. The van der Waals surface area contributed by atoms with Crippen LogP contribution in [0, 0.1) is 16.7 Å². The number of amides is 1. The molecule has 0 fully saturated rings. The number of nitrogens with one attached hydrogen (secondary N) is 1. The minimum absolute atomic E-state index is 0.00151. The number of ketones is 1. The maximum absolute atomic E-state index is 13.2. The van der Waals surface area contributed by atoms with Gasteiger partial charge in [-0.3, -0.25) is 14.9 Å². The molecule has 2 aromatic heterocycles. The Morgan fingerprint density at radius 2 is 1.82 bits per heavy atom. The number of anilines is 1. The summed E-state index contributed by atoms with van der Waals surface area (Å²) in [6.45, 7) is 4.07. The lowest BCUT2D eigenvalue weighted by Crippen LogP contribution is -2.29. The number of rotatable bonds is 6. The summed E-state index contributed by atoms with van der Waals surface area (Å²) in [5.74, 6) is -0.126. The van der Waals surface area contributed by atoms with Crippen molar-refractivity contribution < 1.29 is 9.59 Å². The molecule has 0 bridgehead atoms. The van der Waals surface area contributed by atoms with Crippen LogP contribution in [0.5, 0.6) is 0 Å². The predicted molar refractivity (Wildman–Crippen MR) is 151 cm³/mol. The third-order valence-corrected chi connectivity index (χ3v) is 8.08. The van der Waals surface area contributed by atoms with Gasteiger partial charge in [-0.1, -0.05) is 79.7 Å². The number of carbonyl (C=O) groups is 2. The van der Waals surface area contributed by atoms with Crippen LogP contribution in [0.1, 0.15) is 41.9 Å². The second kappa shape index (κ2) is 10.7. The van der Waals surface area contributed by atoms with Gasteiger partial charge in [0.15, 0.2) is 5.78 Å². The first-order valence-corrected chi connectivity index (χ1v) is 14.0. The number of fused-ring (bicyclic) bond motifs is 1. The van der Waals surface area contributed by atoms with Gasteiger partial charge in [0.1, 0.15) is 16.1 Å². The Morgan fingerprint density at radius 3 is 2.53 bits per heavy atom. The van der Waals surface area contributed by atoms with Gasteiger partial charge in [0.2, 0.25) is 11.9 Å². The molecule has 38 heavy (non-hydrogen) atoms. The van der Waals surface area contributed by atoms with Crippen LogP contribution in [0.2, 0.25) is 5.02 Å². The van der Waals surface area contributed by atoms with Crippen LogP contribution in [0.25, 0.3) is 21.7 Å². The Balaban J connectivity index is 1.41. The molecule has 0 spiro atoms. The van der Waals surface area contributed by atoms with Gasteiger partial charge >= 0.3 is 0 Å². The van der Waals surface area contributed by atoms with Crippen LogP contribution in [-0.2, 0) is 11.2 Å². The maximum Gasteiger partial charge on any atom is 0.241 e. The first-order chi connectivity index (χ1) is 18.2. The average molecular weight is 560 g/mol. The fourth-order valence-corrected chi connectivity index (χ4v) is 6.02. The first-order valence-electron chi connectivity index (χ1n) is 11.8. The Kier molecular flexibility index (Phi) is 7.30. The molecular weight excluding hydrogens is 538 g/mol. The van der Waals surface area contributed by atoms with Crippen molar-refractivity contribution in [3.63, 3.8) is 0 Å². The van der Waals surface area contributed by atoms with Gasteiger partial charge in [-0.25, -0.2) is 4.98 Å². The summed E-state index contributed by atoms with van der Waals surface area (Å²) in [5.41, 5.74) is 3.47. The van der Waals surface area contributed by atoms with Crippen LogP contribution in [0.3, 0.4) is 0 Å². The molecule has 1 aliphatic carbocycles. The number of aromatic nitrogens is 3. The molecular formula is C28H22ClN5O2S2. The molecule has 7 nitrogen and oxygen atoms in total. The van der Waals surface area contributed by atoms with Crippen LogP contribution < -0.4 is 5.32 Å². The summed E-state index contributed by atoms with van der Waals surface area (Å²) >= 11 is 8.29. The van der Waals surface area contributed by atoms with Crippen molar-refractivity contribution >= 4 is 52.5 Å². The number of pyridine rings is 1. The van der Waals surface area contributed by atoms with E-state index in [0.717, 1.165) is 22.9 Å². The Morgan fingerprint density at radius 1 is 1.08 bits per heavy atom. The summed E-state index contributed by atoms with van der Waals surface area (Å²) in [4.78, 5) is 35.1. The van der Waals surface area contributed by atoms with Crippen molar-refractivity contribution in [2.24, 2.45) is 5.41 Å². The zero-order chi connectivity index (χ0) is 26.9. The van der Waals surface area contributed by atoms with E-state index in [1.54, 1.807) is 12.1 Å². The average Bonchev–Trinajstić information content (AvgIpc) is 3.35. The molecule has 5 rings (SSSR count). The Labute approximate surface area is 233 Å². The van der Waals surface area contributed by atoms with Crippen LogP contribution in [0.4, 0.5) is 5.95 Å². The van der Waals surface area contributed by atoms with Crippen molar-refractivity contribution in [2.75, 3.05) is 11.1 Å². The number of Topliss-reactive ketones (excluding diaryl/α,β-unsaturated/α-hetero) is 1. The van der Waals surface area contributed by atoms with Gasteiger partial charge in [-0.2, -0.15) is 14.6 Å². The lowest BCUT2D eigenvalue weighted by atomic mass is 9.73. The monoisotopic (exact) mass is 559 g/mol. The topological polar surface area (TPSA) is 109 Å². The molecule has 2 heterocycles. The standard InChI is InChI=1S/C28H22ClN5O2S2/c1-28(2)12-20-24(21(35)13-28)23(16-6-4-3-5-7-16)19(14-30)26(31-20)37-15-22(36)32-27-33-25(38-34-27)17-8-10-18(29)11-9-17/h3-11H,12-13,15H2,1-2H3,(H,32,34,36). The zero-order valence-corrected chi connectivity index (χ0v) is 23.0. The van der Waals surface area contributed by atoms with Crippen LogP contribution in [-0.4, -0.2) is 31.8 Å². The number of nitriles is 1. The first kappa shape index (κ1) is 26.0. The number of halogens is 1. The smallest absolute Gasteiger partial charge is 0.241 e. The quantitative estimate of drug-likeness (QED) is 0.262. The highest BCUT2D eigenvalue weighted by molar-refractivity contribution is 8.00. The molecule has 0 atom stereocenters. The molecule has 1 N–H and O–H groups in total. The lowest BCUT2D eigenvalue weighted by molar-refractivity contribution is -0.113. The number of benzene rings is 2. The van der Waals surface area contributed by atoms with Crippen LogP contribution in [0.15, 0.2) is 59.6 Å². The fraction of sp³-hybridized carbons (Fsp3) is 0.214. The number of carbonyl (C=O) groups excluding carboxylic acids is 2. The highest BCUT2D eigenvalue weighted by Gasteiger charge is 2.36. The van der Waals surface area contributed by atoms with Crippen LogP contribution >= 0.6 is 34.9 Å². The van der Waals surface area contributed by atoms with E-state index in [2.05, 4.69) is 20.7 Å². The predicted octanol–water partition coefficient (Wildman–Crippen LogP) is 6.68. The molecule has 190 valence electrons. The molecule has 2 aromatic carbocycles. The number of hydrogen-bond acceptors (Lipinski definition) is 8. The number of hydrogen-bond donors (Lipinski definition) is 1. The van der Waals surface area contributed by atoms with E-state index >= 15 is 0 Å². The van der Waals surface area contributed by atoms with E-state index in [0.29, 0.717) is 50.3 Å². The number of nitrogens with zero attached hydrogens (tertiary/aromatic N) is 4. The third kappa shape index (κ3) is 5.48. The molecule has 0 aliphatic heterocycles. The van der Waals surface area contributed by atoms with Crippen molar-refractivity contribution in [1.82, 2.24) is 14.3 Å². The van der Waals surface area contributed by atoms with E-state index < -0.39 is 0 Å². The minimum atomic E-state index is -0.323. The molecule has 0 radical (unpaired) electrons. The number of thioether (sulfide) groups is 1. The van der Waals surface area contributed by atoms with Crippen molar-refractivity contribution in [2.45, 2.75) is 31.7 Å². The van der Waals surface area contributed by atoms with E-state index in [9.17, 15) is 14.9 Å². The summed E-state index contributed by atoms with van der Waals surface area (Å²) in [6, 6.07) is 18.9. The van der Waals surface area contributed by atoms with E-state index in [1.165, 1.54) is 11.5 Å². The zero-order valence-electron chi connectivity index (χ0n) is 20.6. The lowest BCUT2D eigenvalue weighted by Gasteiger charge is -2.31. The fourth-order valence-electron chi connectivity index (χ4n) is 4.46. The Bertz CT molecular complexity index is 1580. The van der Waals surface area contributed by atoms with Crippen molar-refractivity contribution in [1.29, 1.82) is 5.26 Å². The molecule has 0 saturated heterocycles. The second-order valence-corrected chi connectivity index (χ2v) is 11.8. The van der Waals surface area contributed by atoms with Gasteiger partial charge in [0.25, 0.3) is 0 Å². The van der Waals surface area contributed by atoms with Gasteiger partial charge in [0, 0.05) is 28.1 Å². The summed E-state index contributed by atoms with van der Waals surface area (Å²) in [5, 5.41) is 14.6. The second-order valence-electron chi connectivity index (χ2n) is 9.67. The van der Waals surface area contributed by atoms with Crippen molar-refractivity contribution in [3.8, 4) is 27.8 Å². The summed E-state index contributed by atoms with van der Waals surface area (Å²) in [6.07, 6.45) is 0.996. The molecule has 0 unspecified atom stereocenters. The highest BCUT2D eigenvalue weighted by Crippen LogP contribution is 2.42. The maximum atomic E-state index is 13.2. The van der Waals surface area contributed by atoms with Gasteiger partial charge in [-0.15, -0.1) is 0 Å². The van der Waals surface area contributed by atoms with E-state index in [4.69, 9.17) is 16.6 Å². The third-order valence-electron chi connectivity index (χ3n) is 6.09. The van der Waals surface area contributed by atoms with E-state index in [-0.39, 0.29) is 28.8 Å². The molecule has 4 aromatic rings. The summed E-state index contributed by atoms with van der Waals surface area (Å²) in [7, 11) is 0. The van der Waals surface area contributed by atoms with Gasteiger partial charge in [0.05, 0.1) is 17.0 Å².